The molecule has 2 aliphatic heterocycles. The first kappa shape index (κ1) is 46.3. The third-order valence-electron chi connectivity index (χ3n) is 10.2. The van der Waals surface area contributed by atoms with Crippen molar-refractivity contribution in [1.29, 1.82) is 0 Å². The van der Waals surface area contributed by atoms with Gasteiger partial charge in [0.15, 0.2) is 5.78 Å². The smallest absolute Gasteiger partial charge is 0.314 e. The van der Waals surface area contributed by atoms with Crippen LogP contribution in [0, 0.1) is 0 Å². The Morgan fingerprint density at radius 3 is 1.50 bits per heavy atom. The van der Waals surface area contributed by atoms with Gasteiger partial charge in [0.2, 0.25) is 25.9 Å². The second-order valence-corrected chi connectivity index (χ2v) is 23.3. The number of pyridine rings is 2. The van der Waals surface area contributed by atoms with Gasteiger partial charge in [0.1, 0.15) is 19.7 Å². The molecule has 2 fully saturated rings. The normalized spacial score (nSPS) is 16.8. The number of rotatable bonds is 14. The minimum absolute atomic E-state index is 0.0211. The van der Waals surface area contributed by atoms with Gasteiger partial charge in [0, 0.05) is 18.0 Å². The molecule has 332 valence electrons. The highest BCUT2D eigenvalue weighted by molar-refractivity contribution is 7.94. The number of sulfone groups is 2. The summed E-state index contributed by atoms with van der Waals surface area (Å²) in [5.74, 6) is -1.78. The first-order chi connectivity index (χ1) is 29.4. The number of hydrogen-bond acceptors (Lipinski definition) is 15. The highest BCUT2D eigenvalue weighted by atomic mass is 32.2. The van der Waals surface area contributed by atoms with Crippen LogP contribution in [0.3, 0.4) is 0 Å². The van der Waals surface area contributed by atoms with Crippen LogP contribution in [0.2, 0.25) is 0 Å². The fraction of sp³-hybridized carbons (Fsp3) is 0.359. The van der Waals surface area contributed by atoms with E-state index in [-0.39, 0.29) is 80.0 Å². The van der Waals surface area contributed by atoms with E-state index in [2.05, 4.69) is 20.2 Å². The number of carbonyl (C=O) groups is 1. The lowest BCUT2D eigenvalue weighted by Crippen LogP contribution is -2.42. The van der Waals surface area contributed by atoms with E-state index < -0.39 is 62.5 Å². The summed E-state index contributed by atoms with van der Waals surface area (Å²) >= 11 is 0. The van der Waals surface area contributed by atoms with Crippen LogP contribution >= 0.6 is 0 Å². The van der Waals surface area contributed by atoms with E-state index in [0.29, 0.717) is 33.9 Å². The number of hydrogen-bond donors (Lipinski definition) is 1. The molecular formula is C39H43F2N7O10S4. The molecule has 0 spiro atoms. The number of aromatic nitrogens is 4. The summed E-state index contributed by atoms with van der Waals surface area (Å²) < 4.78 is 133. The highest BCUT2D eigenvalue weighted by Crippen LogP contribution is 2.31. The van der Waals surface area contributed by atoms with E-state index in [1.54, 1.807) is 78.9 Å². The molecule has 7 rings (SSSR count). The van der Waals surface area contributed by atoms with E-state index in [0.717, 1.165) is 0 Å². The monoisotopic (exact) mass is 935 g/mol. The van der Waals surface area contributed by atoms with Crippen molar-refractivity contribution >= 4 is 56.9 Å². The van der Waals surface area contributed by atoms with Crippen molar-refractivity contribution in [3.8, 4) is 11.5 Å². The summed E-state index contributed by atoms with van der Waals surface area (Å²) in [5.41, 5.74) is 7.79. The summed E-state index contributed by atoms with van der Waals surface area (Å²) in [7, 11) is -14.1. The fourth-order valence-corrected chi connectivity index (χ4v) is 14.1. The average Bonchev–Trinajstić information content (AvgIpc) is 3.77. The van der Waals surface area contributed by atoms with Crippen molar-refractivity contribution in [2.45, 2.75) is 55.7 Å². The first-order valence-corrected chi connectivity index (χ1v) is 25.8. The quantitative estimate of drug-likeness (QED) is 0.154. The van der Waals surface area contributed by atoms with Crippen LogP contribution < -0.4 is 14.3 Å². The molecule has 2 N–H and O–H groups in total. The van der Waals surface area contributed by atoms with E-state index in [4.69, 9.17) is 10.2 Å². The maximum Gasteiger partial charge on any atom is 0.314 e. The predicted molar refractivity (Wildman–Crippen MR) is 227 cm³/mol. The van der Waals surface area contributed by atoms with Crippen LogP contribution in [-0.2, 0) is 52.8 Å². The van der Waals surface area contributed by atoms with Gasteiger partial charge in [-0.2, -0.15) is 8.78 Å². The average molecular weight is 936 g/mol. The lowest BCUT2D eigenvalue weighted by atomic mass is 10.2. The molecule has 2 aromatic carbocycles. The van der Waals surface area contributed by atoms with Crippen LogP contribution in [0.4, 0.5) is 20.2 Å². The molecule has 17 nitrogen and oxygen atoms in total. The molecule has 0 atom stereocenters. The van der Waals surface area contributed by atoms with E-state index in [1.165, 1.54) is 27.1 Å². The first-order valence-electron chi connectivity index (χ1n) is 19.2. The zero-order chi connectivity index (χ0) is 44.7. The van der Waals surface area contributed by atoms with E-state index in [9.17, 15) is 47.2 Å². The van der Waals surface area contributed by atoms with Crippen molar-refractivity contribution in [3.63, 3.8) is 0 Å². The van der Waals surface area contributed by atoms with Gasteiger partial charge in [-0.3, -0.25) is 23.4 Å². The number of benzene rings is 2. The van der Waals surface area contributed by atoms with Gasteiger partial charge in [0.05, 0.1) is 81.5 Å². The molecule has 0 unspecified atom stereocenters. The van der Waals surface area contributed by atoms with Gasteiger partial charge < -0.3 is 10.2 Å². The summed E-state index contributed by atoms with van der Waals surface area (Å²) in [4.78, 5) is 20.1. The van der Waals surface area contributed by atoms with Gasteiger partial charge in [-0.05, 0) is 74.2 Å². The summed E-state index contributed by atoms with van der Waals surface area (Å²) in [6.07, 6.45) is 0.0390. The zero-order valence-corrected chi connectivity index (χ0v) is 36.2. The molecule has 62 heavy (non-hydrogen) atoms. The number of Topliss-reactive ketones (excluding diaryl/α,β-unsaturated/α-hetero) is 1. The van der Waals surface area contributed by atoms with Crippen LogP contribution in [0.15, 0.2) is 102 Å². The fourth-order valence-electron chi connectivity index (χ4n) is 6.72. The Kier molecular flexibility index (Phi) is 14.5. The molecule has 0 saturated carbocycles. The minimum Gasteiger partial charge on any atom is -0.415 e. The number of ketones is 1. The summed E-state index contributed by atoms with van der Waals surface area (Å²) in [5, 5.41) is 5.24. The molecule has 5 aromatic rings. The maximum atomic E-state index is 13.5. The van der Waals surface area contributed by atoms with Crippen LogP contribution in [-0.4, -0.2) is 99.7 Å². The third kappa shape index (κ3) is 11.4. The van der Waals surface area contributed by atoms with Crippen molar-refractivity contribution in [1.82, 2.24) is 20.2 Å². The minimum atomic E-state index is -3.89. The van der Waals surface area contributed by atoms with Gasteiger partial charge in [-0.25, -0.2) is 33.7 Å². The number of nitrogens with two attached hydrogens (primary N) is 1. The van der Waals surface area contributed by atoms with E-state index >= 15 is 0 Å². The van der Waals surface area contributed by atoms with Gasteiger partial charge in [-0.15, -0.1) is 10.2 Å². The Hall–Kier alpha value is -5.23. The largest absolute Gasteiger partial charge is 0.415 e. The second-order valence-electron chi connectivity index (χ2n) is 14.4. The highest BCUT2D eigenvalue weighted by Gasteiger charge is 2.38. The molecule has 0 bridgehead atoms. The number of alkyl halides is 2. The Balaban J connectivity index is 0.000000209. The van der Waals surface area contributed by atoms with Crippen molar-refractivity contribution in [3.05, 3.63) is 120 Å². The van der Waals surface area contributed by atoms with Crippen LogP contribution in [0.25, 0.3) is 11.5 Å². The standard InChI is InChI=1S/C20H20F2N4O5S2.C19H23N3O5S2/c21-18(22)20-25-24-19(31-20)14-6-7-15(23-12-14)13-26(16-4-2-1-3-5-16)33(29,30)17-8-10-32(27,28)11-9-17;20-12-19(23)15-6-7-16(21-13-15)14-22(17-4-2-1-3-5-17)29(26,27)18-8-10-28(24,25)11-9-18/h1-7,12,17-18H,8-11,13H2;1-7,13,18H,8-12,14,20H2. The summed E-state index contributed by atoms with van der Waals surface area (Å²) in [6, 6.07) is 23.3. The van der Waals surface area contributed by atoms with Crippen LogP contribution in [0.5, 0.6) is 0 Å². The van der Waals surface area contributed by atoms with E-state index in [1.807, 2.05) is 0 Å². The Labute approximate surface area is 358 Å². The molecular weight excluding hydrogens is 893 g/mol. The third-order valence-corrected chi connectivity index (χ3v) is 18.2. The molecule has 2 saturated heterocycles. The Bertz CT molecular complexity index is 2740. The lowest BCUT2D eigenvalue weighted by molar-refractivity contribution is 0.100. The number of anilines is 2. The number of carbonyl (C=O) groups excluding carboxylic acids is 1. The van der Waals surface area contributed by atoms with Gasteiger partial charge in [-0.1, -0.05) is 36.4 Å². The topological polar surface area (TPSA) is 251 Å². The molecule has 2 aliphatic rings. The van der Waals surface area contributed by atoms with Crippen molar-refractivity contribution in [2.75, 3.05) is 38.2 Å². The van der Waals surface area contributed by atoms with Crippen LogP contribution in [0.1, 0.15) is 59.7 Å². The number of para-hydroxylation sites is 2. The molecule has 0 radical (unpaired) electrons. The number of sulfonamides is 2. The Morgan fingerprint density at radius 2 is 1.13 bits per heavy atom. The zero-order valence-electron chi connectivity index (χ0n) is 33.0. The van der Waals surface area contributed by atoms with Crippen molar-refractivity contribution < 1.29 is 51.7 Å². The number of halogens is 2. The lowest BCUT2D eigenvalue weighted by Gasteiger charge is -2.31. The molecule has 3 aromatic heterocycles. The summed E-state index contributed by atoms with van der Waals surface area (Å²) in [6.45, 7) is -0.245. The number of nitrogens with zero attached hydrogens (tertiary/aromatic N) is 6. The molecule has 0 aliphatic carbocycles. The Morgan fingerprint density at radius 1 is 0.677 bits per heavy atom. The van der Waals surface area contributed by atoms with Crippen molar-refractivity contribution in [2.24, 2.45) is 5.73 Å². The molecule has 0 amide bonds. The predicted octanol–water partition coefficient (Wildman–Crippen LogP) is 4.12. The second kappa shape index (κ2) is 19.4. The maximum absolute atomic E-state index is 13.5. The SMILES string of the molecule is NCC(=O)c1ccc(CN(c2ccccc2)S(=O)(=O)C2CCS(=O)(=O)CC2)nc1.O=S1(=O)CCC(S(=O)(=O)N(Cc2ccc(-c3nnc(C(F)F)o3)cn2)c2ccccc2)CC1. The molecule has 23 heteroatoms. The van der Waals surface area contributed by atoms with Gasteiger partial charge >= 0.3 is 6.43 Å². The van der Waals surface area contributed by atoms with Gasteiger partial charge in [0.25, 0.3) is 5.89 Å². The molecule has 5 heterocycles.